The smallest absolute Gasteiger partial charge is 0.416 e. The Labute approximate surface area is 179 Å². The Kier molecular flexibility index (Phi) is 6.40. The fraction of sp³-hybridized carbons (Fsp3) is 0.400. The fourth-order valence-corrected chi connectivity index (χ4v) is 5.14. The topological polar surface area (TPSA) is 86.6 Å². The maximum Gasteiger partial charge on any atom is 0.416 e. The van der Waals surface area contributed by atoms with Crippen molar-refractivity contribution in [3.8, 4) is 11.5 Å². The van der Waals surface area contributed by atoms with E-state index >= 15 is 0 Å². The van der Waals surface area contributed by atoms with Crippen LogP contribution < -0.4 is 4.72 Å². The van der Waals surface area contributed by atoms with Crippen molar-refractivity contribution in [2.75, 3.05) is 0 Å². The van der Waals surface area contributed by atoms with E-state index in [1.165, 1.54) is 12.1 Å². The monoisotopic (exact) mass is 483 g/mol. The first-order valence-corrected chi connectivity index (χ1v) is 11.0. The van der Waals surface area contributed by atoms with E-state index in [0.717, 1.165) is 0 Å². The second-order valence-corrected chi connectivity index (χ2v) is 9.37. The van der Waals surface area contributed by atoms with Crippen molar-refractivity contribution in [1.29, 1.82) is 0 Å². The van der Waals surface area contributed by atoms with Gasteiger partial charge in [-0.25, -0.2) is 13.1 Å². The summed E-state index contributed by atoms with van der Waals surface area (Å²) in [6, 6.07) is 3.65. The van der Waals surface area contributed by atoms with E-state index in [2.05, 4.69) is 4.72 Å². The maximum atomic E-state index is 13.0. The van der Waals surface area contributed by atoms with Gasteiger partial charge in [0.05, 0.1) is 16.0 Å². The molecule has 1 saturated carbocycles. The highest BCUT2D eigenvalue weighted by Gasteiger charge is 2.38. The summed E-state index contributed by atoms with van der Waals surface area (Å²) in [4.78, 5) is -1.11. The second kappa shape index (κ2) is 8.47. The van der Waals surface area contributed by atoms with Crippen LogP contribution in [0.2, 0.25) is 0 Å². The molecule has 2 aromatic carbocycles. The number of nitrogens with one attached hydrogen (secondary N) is 1. The summed E-state index contributed by atoms with van der Waals surface area (Å²) in [7, 11) is -4.65. The van der Waals surface area contributed by atoms with Crippen LogP contribution in [0, 0.1) is 0 Å². The van der Waals surface area contributed by atoms with Gasteiger partial charge in [-0.1, -0.05) is 6.07 Å². The normalized spacial score (nSPS) is 20.3. The molecule has 1 aliphatic carbocycles. The van der Waals surface area contributed by atoms with Crippen LogP contribution in [0.25, 0.3) is 0 Å². The highest BCUT2D eigenvalue weighted by atomic mass is 32.2. The van der Waals surface area contributed by atoms with Crippen LogP contribution in [0.1, 0.15) is 48.3 Å². The molecule has 0 aliphatic heterocycles. The Hall–Kier alpha value is -2.47. The van der Waals surface area contributed by atoms with Gasteiger partial charge in [-0.05, 0) is 61.4 Å². The van der Waals surface area contributed by atoms with Gasteiger partial charge in [0.2, 0.25) is 10.0 Å². The third-order valence-electron chi connectivity index (χ3n) is 5.37. The Bertz CT molecular complexity index is 1060. The third-order valence-corrected chi connectivity index (χ3v) is 6.87. The molecular formula is C20H19F6NO4S. The molecule has 0 aromatic heterocycles. The van der Waals surface area contributed by atoms with Gasteiger partial charge >= 0.3 is 12.4 Å². The molecule has 176 valence electrons. The summed E-state index contributed by atoms with van der Waals surface area (Å²) in [6.45, 7) is 0. The molecule has 0 radical (unpaired) electrons. The number of alkyl halides is 6. The van der Waals surface area contributed by atoms with Crippen LogP contribution in [-0.2, 0) is 22.4 Å². The highest BCUT2D eigenvalue weighted by molar-refractivity contribution is 7.89. The van der Waals surface area contributed by atoms with E-state index in [1.807, 2.05) is 0 Å². The van der Waals surface area contributed by atoms with Gasteiger partial charge in [0.1, 0.15) is 11.5 Å². The zero-order valence-electron chi connectivity index (χ0n) is 16.3. The largest absolute Gasteiger partial charge is 0.508 e. The van der Waals surface area contributed by atoms with Crippen LogP contribution in [0.5, 0.6) is 11.5 Å². The van der Waals surface area contributed by atoms with Crippen LogP contribution in [0.3, 0.4) is 0 Å². The van der Waals surface area contributed by atoms with E-state index in [4.69, 9.17) is 0 Å². The van der Waals surface area contributed by atoms with Crippen LogP contribution >= 0.6 is 0 Å². The molecule has 12 heteroatoms. The van der Waals surface area contributed by atoms with Gasteiger partial charge < -0.3 is 10.2 Å². The van der Waals surface area contributed by atoms with E-state index in [1.54, 1.807) is 6.07 Å². The molecule has 3 N–H and O–H groups in total. The molecule has 0 atom stereocenters. The number of phenolic OH excluding ortho intramolecular Hbond substituents is 2. The van der Waals surface area contributed by atoms with Crippen molar-refractivity contribution >= 4 is 10.0 Å². The average Bonchev–Trinajstić information content (AvgIpc) is 2.67. The van der Waals surface area contributed by atoms with E-state index < -0.39 is 44.4 Å². The molecule has 0 bridgehead atoms. The first-order chi connectivity index (χ1) is 14.7. The van der Waals surface area contributed by atoms with Gasteiger partial charge in [-0.15, -0.1) is 0 Å². The number of rotatable bonds is 4. The van der Waals surface area contributed by atoms with E-state index in [-0.39, 0.29) is 48.5 Å². The first-order valence-electron chi connectivity index (χ1n) is 9.50. The summed E-state index contributed by atoms with van der Waals surface area (Å²) in [5.41, 5.74) is -2.85. The predicted molar refractivity (Wildman–Crippen MR) is 102 cm³/mol. The minimum Gasteiger partial charge on any atom is -0.508 e. The molecule has 3 rings (SSSR count). The van der Waals surface area contributed by atoms with Gasteiger partial charge in [0, 0.05) is 12.1 Å². The van der Waals surface area contributed by atoms with E-state index in [0.29, 0.717) is 18.4 Å². The minimum absolute atomic E-state index is 0.113. The first kappa shape index (κ1) is 24.2. The van der Waals surface area contributed by atoms with E-state index in [9.17, 15) is 45.0 Å². The number of phenols is 2. The quantitative estimate of drug-likeness (QED) is 0.526. The molecule has 0 unspecified atom stereocenters. The standard InChI is InChI=1S/C20H19F6NO4S/c21-19(22,23)12-7-13(20(24,25)26)9-16(8-12)32(30,31)27-14-3-1-11(2-4-14)17-6-5-15(28)10-18(17)29/h5-11,14,27-29H,1-4H2. The summed E-state index contributed by atoms with van der Waals surface area (Å²) < 4.78 is 106. The van der Waals surface area contributed by atoms with Gasteiger partial charge in [0.25, 0.3) is 0 Å². The number of benzene rings is 2. The molecule has 5 nitrogen and oxygen atoms in total. The lowest BCUT2D eigenvalue weighted by Gasteiger charge is -2.29. The van der Waals surface area contributed by atoms with Crippen LogP contribution in [-0.4, -0.2) is 24.7 Å². The lowest BCUT2D eigenvalue weighted by atomic mass is 9.81. The van der Waals surface area contributed by atoms with Crippen molar-refractivity contribution in [2.45, 2.75) is 54.9 Å². The number of halogens is 6. The predicted octanol–water partition coefficient (Wildman–Crippen LogP) is 5.14. The lowest BCUT2D eigenvalue weighted by molar-refractivity contribution is -0.143. The average molecular weight is 483 g/mol. The molecule has 1 fully saturated rings. The number of hydrogen-bond acceptors (Lipinski definition) is 4. The Morgan fingerprint density at radius 1 is 0.812 bits per heavy atom. The highest BCUT2D eigenvalue weighted by Crippen LogP contribution is 2.40. The summed E-state index contributed by atoms with van der Waals surface area (Å²) in [6.07, 6.45) is -8.96. The fourth-order valence-electron chi connectivity index (χ4n) is 3.77. The number of aromatic hydroxyl groups is 2. The van der Waals surface area contributed by atoms with Crippen molar-refractivity contribution in [3.63, 3.8) is 0 Å². The molecule has 0 saturated heterocycles. The number of hydrogen-bond donors (Lipinski definition) is 3. The summed E-state index contributed by atoms with van der Waals surface area (Å²) in [5, 5.41) is 19.3. The molecular weight excluding hydrogens is 464 g/mol. The Balaban J connectivity index is 1.78. The zero-order chi connectivity index (χ0) is 23.9. The number of sulfonamides is 1. The summed E-state index contributed by atoms with van der Waals surface area (Å²) in [5.74, 6) is -0.369. The van der Waals surface area contributed by atoms with Gasteiger partial charge in [-0.3, -0.25) is 0 Å². The maximum absolute atomic E-state index is 13.0. The molecule has 0 heterocycles. The zero-order valence-corrected chi connectivity index (χ0v) is 17.2. The Morgan fingerprint density at radius 2 is 1.34 bits per heavy atom. The summed E-state index contributed by atoms with van der Waals surface area (Å²) >= 11 is 0. The molecule has 0 spiro atoms. The van der Waals surface area contributed by atoms with Crippen molar-refractivity contribution in [3.05, 3.63) is 53.1 Å². The van der Waals surface area contributed by atoms with Gasteiger partial charge in [-0.2, -0.15) is 26.3 Å². The van der Waals surface area contributed by atoms with Crippen molar-refractivity contribution < 1.29 is 45.0 Å². The SMILES string of the molecule is O=S(=O)(NC1CCC(c2ccc(O)cc2O)CC1)c1cc(C(F)(F)F)cc(C(F)(F)F)c1. The molecule has 32 heavy (non-hydrogen) atoms. The van der Waals surface area contributed by atoms with Crippen molar-refractivity contribution in [2.24, 2.45) is 0 Å². The molecule has 0 amide bonds. The van der Waals surface area contributed by atoms with Crippen LogP contribution in [0.15, 0.2) is 41.3 Å². The minimum atomic E-state index is -5.16. The third kappa shape index (κ3) is 5.47. The second-order valence-electron chi connectivity index (χ2n) is 7.65. The lowest BCUT2D eigenvalue weighted by Crippen LogP contribution is -2.37. The van der Waals surface area contributed by atoms with Gasteiger partial charge in [0.15, 0.2) is 0 Å². The van der Waals surface area contributed by atoms with Crippen LogP contribution in [0.4, 0.5) is 26.3 Å². The molecule has 1 aliphatic rings. The Morgan fingerprint density at radius 3 is 1.81 bits per heavy atom. The van der Waals surface area contributed by atoms with Crippen molar-refractivity contribution in [1.82, 2.24) is 4.72 Å². The molecule has 2 aromatic rings.